The molecule has 1 aromatic heterocycles. The van der Waals surface area contributed by atoms with E-state index in [0.29, 0.717) is 6.54 Å². The van der Waals surface area contributed by atoms with Crippen LogP contribution in [0.4, 0.5) is 4.39 Å². The summed E-state index contributed by atoms with van der Waals surface area (Å²) in [6.45, 7) is 0.327. The fourth-order valence-electron chi connectivity index (χ4n) is 2.65. The van der Waals surface area contributed by atoms with E-state index >= 15 is 0 Å². The molecular formula is C19H20FN5O. The molecule has 0 saturated heterocycles. The quantitative estimate of drug-likeness (QED) is 0.739. The Morgan fingerprint density at radius 3 is 2.65 bits per heavy atom. The minimum absolute atomic E-state index is 0.154. The second kappa shape index (κ2) is 7.88. The van der Waals surface area contributed by atoms with Crippen molar-refractivity contribution in [1.82, 2.24) is 25.2 Å². The number of carbonyl (C=O) groups is 1. The van der Waals surface area contributed by atoms with E-state index in [4.69, 9.17) is 0 Å². The first-order chi connectivity index (χ1) is 12.5. The van der Waals surface area contributed by atoms with Gasteiger partial charge >= 0.3 is 0 Å². The molecule has 26 heavy (non-hydrogen) atoms. The van der Waals surface area contributed by atoms with Crippen LogP contribution in [0, 0.1) is 5.82 Å². The van der Waals surface area contributed by atoms with Crippen molar-refractivity contribution in [1.29, 1.82) is 0 Å². The maximum Gasteiger partial charge on any atom is 0.273 e. The standard InChI is InChI=1S/C19H20FN5O/c1-24(2)18(14-7-6-8-15(20)11-14)13-21-19(26)17-12-22-25(23-17)16-9-4-3-5-10-16/h3-12,18H,13H2,1-2H3,(H,21,26)/t18-/m1/s1. The molecule has 0 bridgehead atoms. The molecule has 1 atom stereocenters. The lowest BCUT2D eigenvalue weighted by Gasteiger charge is -2.25. The molecule has 0 unspecified atom stereocenters. The van der Waals surface area contributed by atoms with E-state index in [-0.39, 0.29) is 23.5 Å². The second-order valence-electron chi connectivity index (χ2n) is 6.10. The molecule has 1 N–H and O–H groups in total. The van der Waals surface area contributed by atoms with Crippen molar-refractivity contribution in [2.45, 2.75) is 6.04 Å². The molecule has 7 heteroatoms. The van der Waals surface area contributed by atoms with Crippen LogP contribution in [-0.4, -0.2) is 46.4 Å². The predicted octanol–water partition coefficient (Wildman–Crippen LogP) is 2.44. The van der Waals surface area contributed by atoms with E-state index in [0.717, 1.165) is 11.3 Å². The van der Waals surface area contributed by atoms with Crippen LogP contribution in [-0.2, 0) is 0 Å². The summed E-state index contributed by atoms with van der Waals surface area (Å²) in [7, 11) is 3.76. The van der Waals surface area contributed by atoms with Crippen LogP contribution in [0.2, 0.25) is 0 Å². The van der Waals surface area contributed by atoms with Gasteiger partial charge in [-0.25, -0.2) is 4.39 Å². The van der Waals surface area contributed by atoms with Gasteiger partial charge in [-0.1, -0.05) is 30.3 Å². The topological polar surface area (TPSA) is 63.1 Å². The molecule has 3 aromatic rings. The van der Waals surface area contributed by atoms with Crippen molar-refractivity contribution >= 4 is 5.91 Å². The summed E-state index contributed by atoms with van der Waals surface area (Å²) in [5.74, 6) is -0.623. The molecule has 3 rings (SSSR count). The molecule has 6 nitrogen and oxygen atoms in total. The molecule has 1 heterocycles. The predicted molar refractivity (Wildman–Crippen MR) is 96.5 cm³/mol. The van der Waals surface area contributed by atoms with Gasteiger partial charge in [0.15, 0.2) is 5.69 Å². The fourth-order valence-corrected chi connectivity index (χ4v) is 2.65. The van der Waals surface area contributed by atoms with Gasteiger partial charge in [0.1, 0.15) is 5.82 Å². The lowest BCUT2D eigenvalue weighted by molar-refractivity contribution is 0.0936. The molecule has 0 fully saturated rings. The molecule has 0 radical (unpaired) electrons. The Morgan fingerprint density at radius 1 is 1.19 bits per heavy atom. The Bertz CT molecular complexity index is 878. The molecule has 0 saturated carbocycles. The number of hydrogen-bond acceptors (Lipinski definition) is 4. The largest absolute Gasteiger partial charge is 0.349 e. The Morgan fingerprint density at radius 2 is 1.96 bits per heavy atom. The number of nitrogens with one attached hydrogen (secondary N) is 1. The van der Waals surface area contributed by atoms with Crippen molar-refractivity contribution in [2.75, 3.05) is 20.6 Å². The number of para-hydroxylation sites is 1. The maximum absolute atomic E-state index is 13.5. The van der Waals surface area contributed by atoms with Gasteiger partial charge in [0, 0.05) is 6.54 Å². The summed E-state index contributed by atoms with van der Waals surface area (Å²) in [5.41, 5.74) is 1.80. The van der Waals surface area contributed by atoms with Crippen molar-refractivity contribution in [3.05, 3.63) is 77.9 Å². The smallest absolute Gasteiger partial charge is 0.273 e. The number of aromatic nitrogens is 3. The minimum atomic E-state index is -0.324. The van der Waals surface area contributed by atoms with E-state index in [2.05, 4.69) is 15.5 Å². The number of hydrogen-bond donors (Lipinski definition) is 1. The normalized spacial score (nSPS) is 12.2. The summed E-state index contributed by atoms with van der Waals surface area (Å²) in [6.07, 6.45) is 1.43. The third kappa shape index (κ3) is 4.12. The van der Waals surface area contributed by atoms with E-state index in [1.807, 2.05) is 55.4 Å². The van der Waals surface area contributed by atoms with Crippen LogP contribution in [0.25, 0.3) is 5.69 Å². The average molecular weight is 353 g/mol. The van der Waals surface area contributed by atoms with E-state index in [1.54, 1.807) is 6.07 Å². The van der Waals surface area contributed by atoms with E-state index in [9.17, 15) is 9.18 Å². The summed E-state index contributed by atoms with van der Waals surface area (Å²) < 4.78 is 13.5. The lowest BCUT2D eigenvalue weighted by Crippen LogP contribution is -2.34. The number of halogens is 1. The van der Waals surface area contributed by atoms with Crippen LogP contribution in [0.1, 0.15) is 22.1 Å². The van der Waals surface area contributed by atoms with Crippen LogP contribution in [0.5, 0.6) is 0 Å². The number of amides is 1. The van der Waals surface area contributed by atoms with Crippen molar-refractivity contribution in [2.24, 2.45) is 0 Å². The van der Waals surface area contributed by atoms with Gasteiger partial charge in [0.05, 0.1) is 17.9 Å². The lowest BCUT2D eigenvalue weighted by atomic mass is 10.1. The Kier molecular flexibility index (Phi) is 5.38. The second-order valence-corrected chi connectivity index (χ2v) is 6.10. The Labute approximate surface area is 151 Å². The fraction of sp³-hybridized carbons (Fsp3) is 0.211. The highest BCUT2D eigenvalue weighted by atomic mass is 19.1. The van der Waals surface area contributed by atoms with Crippen LogP contribution < -0.4 is 5.32 Å². The highest BCUT2D eigenvalue weighted by molar-refractivity contribution is 5.91. The van der Waals surface area contributed by atoms with Gasteiger partial charge in [-0.3, -0.25) is 4.79 Å². The van der Waals surface area contributed by atoms with Crippen LogP contribution in [0.15, 0.2) is 60.8 Å². The van der Waals surface area contributed by atoms with Crippen molar-refractivity contribution < 1.29 is 9.18 Å². The molecule has 0 aliphatic carbocycles. The highest BCUT2D eigenvalue weighted by Gasteiger charge is 2.18. The van der Waals surface area contributed by atoms with Crippen LogP contribution in [0.3, 0.4) is 0 Å². The first-order valence-electron chi connectivity index (χ1n) is 8.22. The van der Waals surface area contributed by atoms with Gasteiger partial charge in [0.25, 0.3) is 5.91 Å². The monoisotopic (exact) mass is 353 g/mol. The van der Waals surface area contributed by atoms with E-state index in [1.165, 1.54) is 23.1 Å². The summed E-state index contributed by atoms with van der Waals surface area (Å²) in [4.78, 5) is 15.7. The Hall–Kier alpha value is -3.06. The molecule has 0 spiro atoms. The van der Waals surface area contributed by atoms with Gasteiger partial charge < -0.3 is 10.2 Å². The average Bonchev–Trinajstić information content (AvgIpc) is 3.12. The number of benzene rings is 2. The summed E-state index contributed by atoms with van der Waals surface area (Å²) in [6, 6.07) is 15.6. The molecule has 0 aliphatic rings. The minimum Gasteiger partial charge on any atom is -0.349 e. The molecule has 134 valence electrons. The third-order valence-corrected chi connectivity index (χ3v) is 4.02. The first-order valence-corrected chi connectivity index (χ1v) is 8.22. The summed E-state index contributed by atoms with van der Waals surface area (Å²) in [5, 5.41) is 11.2. The van der Waals surface area contributed by atoms with E-state index < -0.39 is 0 Å². The van der Waals surface area contributed by atoms with Crippen molar-refractivity contribution in [3.63, 3.8) is 0 Å². The molecule has 1 amide bonds. The van der Waals surface area contributed by atoms with Crippen molar-refractivity contribution in [3.8, 4) is 5.69 Å². The first kappa shape index (κ1) is 17.8. The highest BCUT2D eigenvalue weighted by Crippen LogP contribution is 2.18. The zero-order valence-electron chi connectivity index (χ0n) is 14.6. The number of likely N-dealkylation sites (N-methyl/N-ethyl adjacent to an activating group) is 1. The Balaban J connectivity index is 1.68. The van der Waals surface area contributed by atoms with Gasteiger partial charge in [-0.05, 0) is 43.9 Å². The van der Waals surface area contributed by atoms with Gasteiger partial charge in [-0.2, -0.15) is 9.90 Å². The van der Waals surface area contributed by atoms with Gasteiger partial charge in [0.2, 0.25) is 0 Å². The maximum atomic E-state index is 13.5. The molecule has 2 aromatic carbocycles. The molecular weight excluding hydrogens is 333 g/mol. The SMILES string of the molecule is CN(C)[C@H](CNC(=O)c1cnn(-c2ccccc2)n1)c1cccc(F)c1. The van der Waals surface area contributed by atoms with Gasteiger partial charge in [-0.15, -0.1) is 5.10 Å². The number of nitrogens with zero attached hydrogens (tertiary/aromatic N) is 4. The summed E-state index contributed by atoms with van der Waals surface area (Å²) >= 11 is 0. The van der Waals surface area contributed by atoms with Crippen LogP contribution >= 0.6 is 0 Å². The number of carbonyl (C=O) groups excluding carboxylic acids is 1. The zero-order valence-corrected chi connectivity index (χ0v) is 14.6. The number of rotatable bonds is 6. The molecule has 0 aliphatic heterocycles. The third-order valence-electron chi connectivity index (χ3n) is 4.02. The zero-order chi connectivity index (χ0) is 18.5.